The van der Waals surface area contributed by atoms with E-state index in [4.69, 9.17) is 0 Å². The first kappa shape index (κ1) is 10.8. The highest BCUT2D eigenvalue weighted by atomic mass is 19.4. The van der Waals surface area contributed by atoms with Crippen LogP contribution >= 0.6 is 0 Å². The number of nitrogens with one attached hydrogen (secondary N) is 1. The van der Waals surface area contributed by atoms with Gasteiger partial charge in [0, 0.05) is 18.9 Å². The monoisotopic (exact) mass is 197 g/mol. The zero-order valence-electron chi connectivity index (χ0n) is 7.27. The summed E-state index contributed by atoms with van der Waals surface area (Å²) in [6.07, 6.45) is -4.65. The smallest absolute Gasteiger partial charge is 0.389 e. The molecule has 0 amide bonds. The summed E-state index contributed by atoms with van der Waals surface area (Å²) in [4.78, 5) is 0. The van der Waals surface area contributed by atoms with Gasteiger partial charge in [0.1, 0.15) is 0 Å². The van der Waals surface area contributed by atoms with E-state index in [0.29, 0.717) is 13.0 Å². The molecule has 1 fully saturated rings. The predicted molar refractivity (Wildman–Crippen MR) is 42.3 cm³/mol. The maximum absolute atomic E-state index is 12.0. The van der Waals surface area contributed by atoms with Crippen LogP contribution < -0.4 is 5.32 Å². The SMILES string of the molecule is OC1CCCNCC1CC(F)(F)F. The molecule has 0 spiro atoms. The lowest BCUT2D eigenvalue weighted by molar-refractivity contribution is -0.151. The van der Waals surface area contributed by atoms with Crippen LogP contribution in [0.1, 0.15) is 19.3 Å². The lowest BCUT2D eigenvalue weighted by Crippen LogP contribution is -2.32. The average Bonchev–Trinajstić information content (AvgIpc) is 2.14. The Hall–Kier alpha value is -0.290. The molecule has 13 heavy (non-hydrogen) atoms. The van der Waals surface area contributed by atoms with Gasteiger partial charge < -0.3 is 10.4 Å². The van der Waals surface area contributed by atoms with E-state index in [1.54, 1.807) is 0 Å². The van der Waals surface area contributed by atoms with Crippen molar-refractivity contribution in [2.45, 2.75) is 31.5 Å². The molecule has 0 saturated carbocycles. The van der Waals surface area contributed by atoms with Gasteiger partial charge in [0.25, 0.3) is 0 Å². The Kier molecular flexibility index (Phi) is 3.55. The Bertz CT molecular complexity index is 160. The normalized spacial score (nSPS) is 31.4. The number of aliphatic hydroxyl groups is 1. The van der Waals surface area contributed by atoms with Crippen molar-refractivity contribution in [3.05, 3.63) is 0 Å². The van der Waals surface area contributed by atoms with Crippen molar-refractivity contribution in [2.24, 2.45) is 5.92 Å². The molecule has 0 aromatic carbocycles. The number of alkyl halides is 3. The summed E-state index contributed by atoms with van der Waals surface area (Å²) >= 11 is 0. The molecule has 2 unspecified atom stereocenters. The molecule has 1 aliphatic heterocycles. The van der Waals surface area contributed by atoms with Gasteiger partial charge in [-0.1, -0.05) is 0 Å². The van der Waals surface area contributed by atoms with E-state index in [9.17, 15) is 18.3 Å². The van der Waals surface area contributed by atoms with E-state index in [1.807, 2.05) is 0 Å². The van der Waals surface area contributed by atoms with Crippen molar-refractivity contribution in [3.8, 4) is 0 Å². The van der Waals surface area contributed by atoms with Gasteiger partial charge in [-0.3, -0.25) is 0 Å². The van der Waals surface area contributed by atoms with Crippen LogP contribution in [0.15, 0.2) is 0 Å². The zero-order valence-corrected chi connectivity index (χ0v) is 7.27. The molecule has 0 aromatic heterocycles. The number of hydrogen-bond acceptors (Lipinski definition) is 2. The van der Waals surface area contributed by atoms with E-state index in [1.165, 1.54) is 0 Å². The Morgan fingerprint density at radius 2 is 2.08 bits per heavy atom. The van der Waals surface area contributed by atoms with Crippen molar-refractivity contribution >= 4 is 0 Å². The molecule has 2 nitrogen and oxygen atoms in total. The summed E-state index contributed by atoms with van der Waals surface area (Å²) in [6.45, 7) is 0.964. The molecular formula is C8H14F3NO. The lowest BCUT2D eigenvalue weighted by Gasteiger charge is -2.21. The second-order valence-electron chi connectivity index (χ2n) is 3.49. The van der Waals surface area contributed by atoms with E-state index in [0.717, 1.165) is 6.42 Å². The predicted octanol–water partition coefficient (Wildman–Crippen LogP) is 1.30. The van der Waals surface area contributed by atoms with Gasteiger partial charge in [-0.2, -0.15) is 13.2 Å². The molecule has 0 bridgehead atoms. The van der Waals surface area contributed by atoms with Crippen LogP contribution in [-0.2, 0) is 0 Å². The van der Waals surface area contributed by atoms with Crippen molar-refractivity contribution in [2.75, 3.05) is 13.1 Å². The molecule has 1 aliphatic rings. The minimum Gasteiger partial charge on any atom is -0.393 e. The second-order valence-corrected chi connectivity index (χ2v) is 3.49. The Morgan fingerprint density at radius 1 is 1.38 bits per heavy atom. The van der Waals surface area contributed by atoms with E-state index in [-0.39, 0.29) is 6.54 Å². The van der Waals surface area contributed by atoms with Gasteiger partial charge in [0.05, 0.1) is 6.10 Å². The van der Waals surface area contributed by atoms with Crippen LogP contribution in [0.2, 0.25) is 0 Å². The first-order valence-electron chi connectivity index (χ1n) is 4.44. The van der Waals surface area contributed by atoms with Crippen LogP contribution in [0.5, 0.6) is 0 Å². The molecule has 0 radical (unpaired) electrons. The first-order chi connectivity index (χ1) is 5.99. The number of rotatable bonds is 1. The fourth-order valence-corrected chi connectivity index (χ4v) is 1.60. The second kappa shape index (κ2) is 4.28. The van der Waals surface area contributed by atoms with Gasteiger partial charge in [-0.05, 0) is 19.4 Å². The summed E-state index contributed by atoms with van der Waals surface area (Å²) in [5.41, 5.74) is 0. The topological polar surface area (TPSA) is 32.3 Å². The number of aliphatic hydroxyl groups excluding tert-OH is 1. The highest BCUT2D eigenvalue weighted by Crippen LogP contribution is 2.28. The molecular weight excluding hydrogens is 183 g/mol. The minimum absolute atomic E-state index is 0.265. The highest BCUT2D eigenvalue weighted by molar-refractivity contribution is 4.77. The van der Waals surface area contributed by atoms with Crippen LogP contribution in [0, 0.1) is 5.92 Å². The molecule has 1 saturated heterocycles. The molecule has 78 valence electrons. The van der Waals surface area contributed by atoms with Gasteiger partial charge in [-0.25, -0.2) is 0 Å². The molecule has 0 aliphatic carbocycles. The molecule has 5 heteroatoms. The fraction of sp³-hybridized carbons (Fsp3) is 1.00. The largest absolute Gasteiger partial charge is 0.393 e. The Balaban J connectivity index is 2.45. The zero-order chi connectivity index (χ0) is 9.90. The third-order valence-electron chi connectivity index (χ3n) is 2.30. The van der Waals surface area contributed by atoms with E-state index < -0.39 is 24.6 Å². The lowest BCUT2D eigenvalue weighted by atomic mass is 9.96. The Labute approximate surface area is 75.1 Å². The summed E-state index contributed by atoms with van der Waals surface area (Å²) < 4.78 is 36.0. The molecule has 1 heterocycles. The van der Waals surface area contributed by atoms with Crippen molar-refractivity contribution in [1.82, 2.24) is 5.32 Å². The Morgan fingerprint density at radius 3 is 2.69 bits per heavy atom. The summed E-state index contributed by atoms with van der Waals surface area (Å²) in [6, 6.07) is 0. The van der Waals surface area contributed by atoms with Crippen LogP contribution in [-0.4, -0.2) is 30.5 Å². The van der Waals surface area contributed by atoms with E-state index >= 15 is 0 Å². The fourth-order valence-electron chi connectivity index (χ4n) is 1.60. The third kappa shape index (κ3) is 3.95. The third-order valence-corrected chi connectivity index (χ3v) is 2.30. The van der Waals surface area contributed by atoms with Crippen LogP contribution in [0.4, 0.5) is 13.2 Å². The molecule has 0 aromatic rings. The van der Waals surface area contributed by atoms with Crippen LogP contribution in [0.25, 0.3) is 0 Å². The maximum Gasteiger partial charge on any atom is 0.389 e. The first-order valence-corrected chi connectivity index (χ1v) is 4.44. The van der Waals surface area contributed by atoms with E-state index in [2.05, 4.69) is 5.32 Å². The summed E-state index contributed by atoms with van der Waals surface area (Å²) in [7, 11) is 0. The standard InChI is InChI=1S/C8H14F3NO/c9-8(10,11)4-6-5-12-3-1-2-7(6)13/h6-7,12-13H,1-5H2. The number of hydrogen-bond donors (Lipinski definition) is 2. The van der Waals surface area contributed by atoms with Gasteiger partial charge in [0.15, 0.2) is 0 Å². The summed E-state index contributed by atoms with van der Waals surface area (Å²) in [5.74, 6) is -0.678. The maximum atomic E-state index is 12.0. The minimum atomic E-state index is -4.17. The van der Waals surface area contributed by atoms with Crippen molar-refractivity contribution in [3.63, 3.8) is 0 Å². The molecule has 2 N–H and O–H groups in total. The number of halogens is 3. The summed E-state index contributed by atoms with van der Waals surface area (Å²) in [5, 5.41) is 12.3. The van der Waals surface area contributed by atoms with Crippen molar-refractivity contribution < 1.29 is 18.3 Å². The van der Waals surface area contributed by atoms with Crippen LogP contribution in [0.3, 0.4) is 0 Å². The van der Waals surface area contributed by atoms with Gasteiger partial charge in [-0.15, -0.1) is 0 Å². The molecule has 2 atom stereocenters. The van der Waals surface area contributed by atoms with Crippen molar-refractivity contribution in [1.29, 1.82) is 0 Å². The quantitative estimate of drug-likeness (QED) is 0.664. The van der Waals surface area contributed by atoms with Gasteiger partial charge in [0.2, 0.25) is 0 Å². The average molecular weight is 197 g/mol. The molecule has 1 rings (SSSR count). The highest BCUT2D eigenvalue weighted by Gasteiger charge is 2.35. The van der Waals surface area contributed by atoms with Gasteiger partial charge >= 0.3 is 6.18 Å².